The van der Waals surface area contributed by atoms with Gasteiger partial charge in [-0.15, -0.1) is 0 Å². The largest absolute Gasteiger partial charge is 0.486 e. The first-order valence-corrected chi connectivity index (χ1v) is 10.1. The SMILES string of the molecule is CC1CCN(C(=S)Nc2ccc3nc4cc5c(cc4nc3c2)OCCO5)CC1. The number of ether oxygens (including phenoxy) is 2. The highest BCUT2D eigenvalue weighted by Gasteiger charge is 2.18. The van der Waals surface area contributed by atoms with Crippen molar-refractivity contribution >= 4 is 45.1 Å². The second-order valence-electron chi connectivity index (χ2n) is 7.51. The zero-order chi connectivity index (χ0) is 19.1. The Labute approximate surface area is 168 Å². The molecule has 0 saturated carbocycles. The number of piperidine rings is 1. The van der Waals surface area contributed by atoms with Crippen molar-refractivity contribution in [3.8, 4) is 11.5 Å². The molecule has 144 valence electrons. The van der Waals surface area contributed by atoms with E-state index in [4.69, 9.17) is 31.7 Å². The third-order valence-corrected chi connectivity index (χ3v) is 5.78. The minimum atomic E-state index is 0.556. The van der Waals surface area contributed by atoms with E-state index < -0.39 is 0 Å². The number of nitrogens with zero attached hydrogens (tertiary/aromatic N) is 3. The van der Waals surface area contributed by atoms with Crippen LogP contribution >= 0.6 is 12.2 Å². The number of anilines is 1. The molecule has 6 nitrogen and oxygen atoms in total. The van der Waals surface area contributed by atoms with Crippen molar-refractivity contribution in [1.82, 2.24) is 14.9 Å². The fraction of sp³-hybridized carbons (Fsp3) is 0.381. The molecule has 0 radical (unpaired) electrons. The van der Waals surface area contributed by atoms with Crippen LogP contribution in [0.15, 0.2) is 30.3 Å². The molecule has 2 aromatic carbocycles. The highest BCUT2D eigenvalue weighted by Crippen LogP contribution is 2.34. The minimum absolute atomic E-state index is 0.556. The van der Waals surface area contributed by atoms with Gasteiger partial charge in [0.05, 0.1) is 22.1 Å². The number of nitrogens with one attached hydrogen (secondary N) is 1. The second kappa shape index (κ2) is 7.05. The number of benzene rings is 2. The Morgan fingerprint density at radius 1 is 0.964 bits per heavy atom. The van der Waals surface area contributed by atoms with E-state index in [1.807, 2.05) is 30.3 Å². The molecule has 0 bridgehead atoms. The summed E-state index contributed by atoms with van der Waals surface area (Å²) in [7, 11) is 0. The Morgan fingerprint density at radius 2 is 1.57 bits per heavy atom. The molecule has 0 aliphatic carbocycles. The summed E-state index contributed by atoms with van der Waals surface area (Å²) in [6, 6.07) is 9.77. The van der Waals surface area contributed by atoms with Gasteiger partial charge in [-0.2, -0.15) is 0 Å². The zero-order valence-corrected chi connectivity index (χ0v) is 16.6. The molecule has 2 aliphatic rings. The first kappa shape index (κ1) is 17.4. The number of hydrogen-bond donors (Lipinski definition) is 1. The molecule has 1 N–H and O–H groups in total. The second-order valence-corrected chi connectivity index (χ2v) is 7.90. The first-order valence-electron chi connectivity index (χ1n) is 9.73. The lowest BCUT2D eigenvalue weighted by atomic mass is 10.00. The molecule has 1 aromatic heterocycles. The molecule has 3 aromatic rings. The van der Waals surface area contributed by atoms with E-state index in [0.29, 0.717) is 13.2 Å². The number of thiocarbonyl (C=S) groups is 1. The smallest absolute Gasteiger partial charge is 0.173 e. The number of rotatable bonds is 1. The molecule has 3 heterocycles. The van der Waals surface area contributed by atoms with Crippen LogP contribution in [-0.2, 0) is 0 Å². The number of hydrogen-bond acceptors (Lipinski definition) is 5. The summed E-state index contributed by atoms with van der Waals surface area (Å²) in [6.45, 7) is 5.44. The highest BCUT2D eigenvalue weighted by molar-refractivity contribution is 7.80. The van der Waals surface area contributed by atoms with Gasteiger partial charge in [-0.05, 0) is 49.2 Å². The Kier molecular flexibility index (Phi) is 4.39. The van der Waals surface area contributed by atoms with Crippen LogP contribution in [-0.4, -0.2) is 46.3 Å². The van der Waals surface area contributed by atoms with Gasteiger partial charge in [-0.1, -0.05) is 6.92 Å². The third-order valence-electron chi connectivity index (χ3n) is 5.42. The normalized spacial score (nSPS) is 17.1. The number of fused-ring (bicyclic) bond motifs is 3. The van der Waals surface area contributed by atoms with Gasteiger partial charge in [0.1, 0.15) is 13.2 Å². The van der Waals surface area contributed by atoms with Crippen molar-refractivity contribution < 1.29 is 9.47 Å². The number of aromatic nitrogens is 2. The fourth-order valence-electron chi connectivity index (χ4n) is 3.71. The topological polar surface area (TPSA) is 59.5 Å². The van der Waals surface area contributed by atoms with Crippen LogP contribution in [0, 0.1) is 5.92 Å². The van der Waals surface area contributed by atoms with Crippen LogP contribution in [0.4, 0.5) is 5.69 Å². The Morgan fingerprint density at radius 3 is 2.25 bits per heavy atom. The summed E-state index contributed by atoms with van der Waals surface area (Å²) < 4.78 is 11.3. The molecular weight excluding hydrogens is 372 g/mol. The van der Waals surface area contributed by atoms with E-state index in [2.05, 4.69) is 17.1 Å². The lowest BCUT2D eigenvalue weighted by Gasteiger charge is -2.32. The third kappa shape index (κ3) is 3.30. The van der Waals surface area contributed by atoms with Crippen molar-refractivity contribution in [2.24, 2.45) is 5.92 Å². The van der Waals surface area contributed by atoms with Crippen LogP contribution in [0.3, 0.4) is 0 Å². The van der Waals surface area contributed by atoms with E-state index >= 15 is 0 Å². The van der Waals surface area contributed by atoms with Gasteiger partial charge in [-0.25, -0.2) is 9.97 Å². The molecule has 7 heteroatoms. The van der Waals surface area contributed by atoms with Gasteiger partial charge < -0.3 is 19.7 Å². The van der Waals surface area contributed by atoms with E-state index in [1.54, 1.807) is 0 Å². The maximum atomic E-state index is 5.67. The fourth-order valence-corrected chi connectivity index (χ4v) is 4.01. The van der Waals surface area contributed by atoms with Crippen molar-refractivity contribution in [3.63, 3.8) is 0 Å². The van der Waals surface area contributed by atoms with E-state index in [9.17, 15) is 0 Å². The van der Waals surface area contributed by atoms with Crippen LogP contribution in [0.25, 0.3) is 22.1 Å². The van der Waals surface area contributed by atoms with Gasteiger partial charge in [-0.3, -0.25) is 0 Å². The van der Waals surface area contributed by atoms with E-state index in [0.717, 1.165) is 63.4 Å². The summed E-state index contributed by atoms with van der Waals surface area (Å²) in [5.41, 5.74) is 4.19. The maximum Gasteiger partial charge on any atom is 0.173 e. The predicted molar refractivity (Wildman–Crippen MR) is 114 cm³/mol. The number of likely N-dealkylation sites (tertiary alicyclic amines) is 1. The summed E-state index contributed by atoms with van der Waals surface area (Å²) in [5, 5.41) is 4.14. The predicted octanol–water partition coefficient (Wildman–Crippen LogP) is 3.98. The monoisotopic (exact) mass is 394 g/mol. The van der Waals surface area contributed by atoms with Gasteiger partial charge in [0.2, 0.25) is 0 Å². The molecular formula is C21H22N4O2S. The summed E-state index contributed by atoms with van der Waals surface area (Å²) >= 11 is 5.61. The average Bonchev–Trinajstić information content (AvgIpc) is 2.71. The highest BCUT2D eigenvalue weighted by atomic mass is 32.1. The lowest BCUT2D eigenvalue weighted by Crippen LogP contribution is -2.40. The molecule has 28 heavy (non-hydrogen) atoms. The summed E-state index contributed by atoms with van der Waals surface area (Å²) in [6.07, 6.45) is 2.38. The molecule has 1 fully saturated rings. The zero-order valence-electron chi connectivity index (χ0n) is 15.8. The molecule has 1 saturated heterocycles. The Hall–Kier alpha value is -2.67. The quantitative estimate of drug-likeness (QED) is 0.495. The van der Waals surface area contributed by atoms with Crippen molar-refractivity contribution in [3.05, 3.63) is 30.3 Å². The van der Waals surface area contributed by atoms with E-state index in [1.165, 1.54) is 12.8 Å². The molecule has 0 unspecified atom stereocenters. The van der Waals surface area contributed by atoms with E-state index in [-0.39, 0.29) is 0 Å². The van der Waals surface area contributed by atoms with Crippen molar-refractivity contribution in [2.75, 3.05) is 31.6 Å². The molecule has 2 aliphatic heterocycles. The van der Waals surface area contributed by atoms with Crippen LogP contribution in [0.5, 0.6) is 11.5 Å². The Bertz CT molecular complexity index is 1060. The standard InChI is InChI=1S/C21H22N4O2S/c1-13-4-6-25(7-5-13)21(28)22-14-2-3-15-16(10-14)24-18-12-20-19(11-17(18)23-15)26-8-9-27-20/h2-3,10-13H,4-9H2,1H3,(H,22,28). The van der Waals surface area contributed by atoms with Crippen LogP contribution in [0.1, 0.15) is 19.8 Å². The minimum Gasteiger partial charge on any atom is -0.486 e. The first-order chi connectivity index (χ1) is 13.7. The molecule has 5 rings (SSSR count). The van der Waals surface area contributed by atoms with Gasteiger partial charge >= 0.3 is 0 Å². The van der Waals surface area contributed by atoms with Crippen molar-refractivity contribution in [2.45, 2.75) is 19.8 Å². The molecule has 0 amide bonds. The molecule has 0 atom stereocenters. The molecule has 0 spiro atoms. The lowest BCUT2D eigenvalue weighted by molar-refractivity contribution is 0.172. The maximum absolute atomic E-state index is 5.67. The average molecular weight is 395 g/mol. The summed E-state index contributed by atoms with van der Waals surface area (Å²) in [5.74, 6) is 2.23. The summed E-state index contributed by atoms with van der Waals surface area (Å²) in [4.78, 5) is 11.8. The van der Waals surface area contributed by atoms with Gasteiger partial charge in [0.15, 0.2) is 16.6 Å². The van der Waals surface area contributed by atoms with Gasteiger partial charge in [0, 0.05) is 30.9 Å². The van der Waals surface area contributed by atoms with Crippen molar-refractivity contribution in [1.29, 1.82) is 0 Å². The van der Waals surface area contributed by atoms with Gasteiger partial charge in [0.25, 0.3) is 0 Å². The Balaban J connectivity index is 1.43. The van der Waals surface area contributed by atoms with Crippen LogP contribution in [0.2, 0.25) is 0 Å². The van der Waals surface area contributed by atoms with Crippen LogP contribution < -0.4 is 14.8 Å².